The van der Waals surface area contributed by atoms with Gasteiger partial charge in [-0.05, 0) is 35.7 Å². The summed E-state index contributed by atoms with van der Waals surface area (Å²) in [6, 6.07) is 5.66. The lowest BCUT2D eigenvalue weighted by Crippen LogP contribution is -2.46. The first-order valence-corrected chi connectivity index (χ1v) is 8.35. The molecule has 5 nitrogen and oxygen atoms in total. The number of aryl methyl sites for hydroxylation is 1. The smallest absolute Gasteiger partial charge is 0.225 e. The number of nitrogens with zero attached hydrogens (tertiary/aromatic N) is 4. The van der Waals surface area contributed by atoms with Crippen LogP contribution in [0.3, 0.4) is 0 Å². The van der Waals surface area contributed by atoms with E-state index in [1.807, 2.05) is 30.6 Å². The minimum atomic E-state index is 0.757. The molecule has 0 radical (unpaired) electrons. The van der Waals surface area contributed by atoms with E-state index in [1.165, 1.54) is 5.56 Å². The molecule has 1 aromatic carbocycles. The number of rotatable bonds is 4. The van der Waals surface area contributed by atoms with Crippen molar-refractivity contribution >= 4 is 23.2 Å². The molecule has 2 N–H and O–H groups in total. The zero-order valence-corrected chi connectivity index (χ0v) is 14.1. The van der Waals surface area contributed by atoms with E-state index >= 15 is 0 Å². The van der Waals surface area contributed by atoms with Gasteiger partial charge < -0.3 is 10.6 Å². The number of nitrogens with two attached hydrogens (primary N) is 1. The van der Waals surface area contributed by atoms with Crippen LogP contribution in [0.2, 0.25) is 5.02 Å². The first kappa shape index (κ1) is 16.0. The Hall–Kier alpha value is -1.85. The van der Waals surface area contributed by atoms with Crippen molar-refractivity contribution in [2.75, 3.05) is 36.8 Å². The minimum Gasteiger partial charge on any atom is -0.399 e. The third-order valence-electron chi connectivity index (χ3n) is 4.22. The van der Waals surface area contributed by atoms with Gasteiger partial charge in [-0.15, -0.1) is 0 Å². The summed E-state index contributed by atoms with van der Waals surface area (Å²) < 4.78 is 0. The van der Waals surface area contributed by atoms with Gasteiger partial charge in [0.1, 0.15) is 0 Å². The third kappa shape index (κ3) is 3.92. The molecule has 0 unspecified atom stereocenters. The van der Waals surface area contributed by atoms with Gasteiger partial charge in [-0.1, -0.05) is 18.5 Å². The van der Waals surface area contributed by atoms with Gasteiger partial charge >= 0.3 is 0 Å². The Bertz CT molecular complexity index is 651. The maximum Gasteiger partial charge on any atom is 0.225 e. The summed E-state index contributed by atoms with van der Waals surface area (Å²) in [5.41, 5.74) is 8.87. The SMILES string of the molecule is CCc1cnc(N2CCN(Cc3cc(N)ccc3Cl)CC2)nc1. The van der Waals surface area contributed by atoms with E-state index in [0.29, 0.717) is 0 Å². The molecule has 1 fully saturated rings. The summed E-state index contributed by atoms with van der Waals surface area (Å²) in [4.78, 5) is 13.6. The lowest BCUT2D eigenvalue weighted by Gasteiger charge is -2.34. The Kier molecular flexibility index (Phi) is 4.98. The fourth-order valence-corrected chi connectivity index (χ4v) is 2.93. The molecular weight excluding hydrogens is 310 g/mol. The van der Waals surface area contributed by atoms with Crippen molar-refractivity contribution in [1.82, 2.24) is 14.9 Å². The van der Waals surface area contributed by atoms with E-state index < -0.39 is 0 Å². The van der Waals surface area contributed by atoms with Crippen LogP contribution in [-0.2, 0) is 13.0 Å². The standard InChI is InChI=1S/C17H22ClN5/c1-2-13-10-20-17(21-11-13)23-7-5-22(6-8-23)12-14-9-15(19)3-4-16(14)18/h3-4,9-11H,2,5-8,12,19H2,1H3. The van der Waals surface area contributed by atoms with Crippen molar-refractivity contribution in [1.29, 1.82) is 0 Å². The maximum absolute atomic E-state index is 6.26. The van der Waals surface area contributed by atoms with Crippen LogP contribution < -0.4 is 10.6 Å². The molecule has 0 spiro atoms. The molecular formula is C17H22ClN5. The Morgan fingerprint density at radius 3 is 2.48 bits per heavy atom. The van der Waals surface area contributed by atoms with E-state index in [9.17, 15) is 0 Å². The van der Waals surface area contributed by atoms with Crippen LogP contribution in [0.15, 0.2) is 30.6 Å². The molecule has 1 aromatic heterocycles. The van der Waals surface area contributed by atoms with Crippen molar-refractivity contribution in [3.8, 4) is 0 Å². The van der Waals surface area contributed by atoms with Crippen molar-refractivity contribution in [2.24, 2.45) is 0 Å². The van der Waals surface area contributed by atoms with Crippen LogP contribution in [0.1, 0.15) is 18.1 Å². The number of benzene rings is 1. The zero-order chi connectivity index (χ0) is 16.2. The Morgan fingerprint density at radius 2 is 1.83 bits per heavy atom. The Labute approximate surface area is 142 Å². The second-order valence-electron chi connectivity index (χ2n) is 5.86. The molecule has 0 bridgehead atoms. The van der Waals surface area contributed by atoms with E-state index in [-0.39, 0.29) is 0 Å². The fourth-order valence-electron chi connectivity index (χ4n) is 2.76. The average molecular weight is 332 g/mol. The van der Waals surface area contributed by atoms with Gasteiger partial charge in [0.25, 0.3) is 0 Å². The molecule has 2 heterocycles. The van der Waals surface area contributed by atoms with Crippen LogP contribution in [0.4, 0.5) is 11.6 Å². The molecule has 0 atom stereocenters. The topological polar surface area (TPSA) is 58.3 Å². The largest absolute Gasteiger partial charge is 0.399 e. The molecule has 2 aromatic rings. The summed E-state index contributed by atoms with van der Waals surface area (Å²) in [7, 11) is 0. The third-order valence-corrected chi connectivity index (χ3v) is 4.59. The molecule has 6 heteroatoms. The van der Waals surface area contributed by atoms with Crippen molar-refractivity contribution in [3.05, 3.63) is 46.7 Å². The molecule has 122 valence electrons. The van der Waals surface area contributed by atoms with Crippen molar-refractivity contribution in [2.45, 2.75) is 19.9 Å². The molecule has 3 rings (SSSR count). The van der Waals surface area contributed by atoms with Crippen LogP contribution in [0, 0.1) is 0 Å². The highest BCUT2D eigenvalue weighted by Crippen LogP contribution is 2.21. The van der Waals surface area contributed by atoms with Crippen molar-refractivity contribution in [3.63, 3.8) is 0 Å². The van der Waals surface area contributed by atoms with E-state index in [2.05, 4.69) is 26.7 Å². The van der Waals surface area contributed by atoms with Crippen LogP contribution in [0.5, 0.6) is 0 Å². The predicted molar refractivity (Wildman–Crippen MR) is 94.8 cm³/mol. The maximum atomic E-state index is 6.26. The van der Waals surface area contributed by atoms with Crippen molar-refractivity contribution < 1.29 is 0 Å². The fraction of sp³-hybridized carbons (Fsp3) is 0.412. The summed E-state index contributed by atoms with van der Waals surface area (Å²) >= 11 is 6.26. The number of hydrogen-bond donors (Lipinski definition) is 1. The molecule has 1 aliphatic rings. The lowest BCUT2D eigenvalue weighted by atomic mass is 10.1. The number of halogens is 1. The van der Waals surface area contributed by atoms with Gasteiger partial charge in [-0.3, -0.25) is 4.90 Å². The van der Waals surface area contributed by atoms with Gasteiger partial charge in [0, 0.05) is 55.8 Å². The molecule has 0 amide bonds. The highest BCUT2D eigenvalue weighted by molar-refractivity contribution is 6.31. The first-order chi connectivity index (χ1) is 11.2. The Morgan fingerprint density at radius 1 is 1.13 bits per heavy atom. The quantitative estimate of drug-likeness (QED) is 0.873. The highest BCUT2D eigenvalue weighted by atomic mass is 35.5. The lowest BCUT2D eigenvalue weighted by molar-refractivity contribution is 0.249. The average Bonchev–Trinajstić information content (AvgIpc) is 2.59. The number of nitrogen functional groups attached to an aromatic ring is 1. The number of anilines is 2. The number of piperazine rings is 1. The molecule has 0 aliphatic carbocycles. The number of hydrogen-bond acceptors (Lipinski definition) is 5. The predicted octanol–water partition coefficient (Wildman–Crippen LogP) is 2.60. The zero-order valence-electron chi connectivity index (χ0n) is 13.4. The molecule has 1 saturated heterocycles. The second kappa shape index (κ2) is 7.15. The summed E-state index contributed by atoms with van der Waals surface area (Å²) in [6.07, 6.45) is 4.80. The van der Waals surface area contributed by atoms with Crippen LogP contribution in [-0.4, -0.2) is 41.0 Å². The minimum absolute atomic E-state index is 0.757. The molecule has 1 aliphatic heterocycles. The van der Waals surface area contributed by atoms with Crippen LogP contribution in [0.25, 0.3) is 0 Å². The summed E-state index contributed by atoms with van der Waals surface area (Å²) in [5.74, 6) is 0.823. The van der Waals surface area contributed by atoms with Gasteiger partial charge in [0.05, 0.1) is 0 Å². The van der Waals surface area contributed by atoms with E-state index in [1.54, 1.807) is 0 Å². The van der Waals surface area contributed by atoms with Gasteiger partial charge in [0.15, 0.2) is 0 Å². The highest BCUT2D eigenvalue weighted by Gasteiger charge is 2.19. The second-order valence-corrected chi connectivity index (χ2v) is 6.27. The monoisotopic (exact) mass is 331 g/mol. The Balaban J connectivity index is 1.58. The van der Waals surface area contributed by atoms with Gasteiger partial charge in [0.2, 0.25) is 5.95 Å². The molecule has 0 saturated carbocycles. The van der Waals surface area contributed by atoms with E-state index in [0.717, 1.165) is 61.4 Å². The normalized spacial score (nSPS) is 15.8. The van der Waals surface area contributed by atoms with Gasteiger partial charge in [-0.25, -0.2) is 9.97 Å². The number of aromatic nitrogens is 2. The first-order valence-electron chi connectivity index (χ1n) is 7.98. The van der Waals surface area contributed by atoms with Crippen LogP contribution >= 0.6 is 11.6 Å². The van der Waals surface area contributed by atoms with E-state index in [4.69, 9.17) is 17.3 Å². The summed E-state index contributed by atoms with van der Waals surface area (Å²) in [5, 5.41) is 0.778. The molecule has 23 heavy (non-hydrogen) atoms. The van der Waals surface area contributed by atoms with Gasteiger partial charge in [-0.2, -0.15) is 0 Å². The summed E-state index contributed by atoms with van der Waals surface area (Å²) in [6.45, 7) is 6.71.